The molecule has 2 N–H and O–H groups in total. The molecule has 6 heteroatoms. The summed E-state index contributed by atoms with van der Waals surface area (Å²) < 4.78 is 13.7. The van der Waals surface area contributed by atoms with Gasteiger partial charge < -0.3 is 10.3 Å². The summed E-state index contributed by atoms with van der Waals surface area (Å²) in [7, 11) is 0. The number of carbonyl (C=O) groups is 2. The molecule has 4 rings (SSSR count). The molecule has 0 bridgehead atoms. The molecule has 0 aliphatic heterocycles. The number of ketones is 1. The highest BCUT2D eigenvalue weighted by Gasteiger charge is 2.20. The van der Waals surface area contributed by atoms with E-state index in [0.717, 1.165) is 11.1 Å². The van der Waals surface area contributed by atoms with Crippen molar-refractivity contribution in [1.29, 1.82) is 0 Å². The van der Waals surface area contributed by atoms with E-state index in [9.17, 15) is 14.0 Å². The number of benzene rings is 2. The van der Waals surface area contributed by atoms with Gasteiger partial charge in [-0.2, -0.15) is 0 Å². The summed E-state index contributed by atoms with van der Waals surface area (Å²) in [5.41, 5.74) is 4.27. The summed E-state index contributed by atoms with van der Waals surface area (Å²) in [6.45, 7) is 3.22. The van der Waals surface area contributed by atoms with Crippen LogP contribution in [-0.2, 0) is 4.79 Å². The van der Waals surface area contributed by atoms with Gasteiger partial charge in [-0.3, -0.25) is 9.59 Å². The van der Waals surface area contributed by atoms with Gasteiger partial charge in [-0.05, 0) is 53.9 Å². The van der Waals surface area contributed by atoms with Crippen molar-refractivity contribution in [2.75, 3.05) is 5.32 Å². The van der Waals surface area contributed by atoms with Crippen LogP contribution in [0.3, 0.4) is 0 Å². The first-order chi connectivity index (χ1) is 13.9. The highest BCUT2D eigenvalue weighted by molar-refractivity contribution is 6.19. The van der Waals surface area contributed by atoms with Gasteiger partial charge in [0.25, 0.3) is 0 Å². The third-order valence-electron chi connectivity index (χ3n) is 4.76. The van der Waals surface area contributed by atoms with Crippen molar-refractivity contribution in [2.45, 2.75) is 13.8 Å². The van der Waals surface area contributed by atoms with Gasteiger partial charge in [-0.15, -0.1) is 0 Å². The lowest BCUT2D eigenvalue weighted by Gasteiger charge is -2.09. The normalized spacial score (nSPS) is 10.9. The zero-order valence-corrected chi connectivity index (χ0v) is 15.9. The molecule has 0 fully saturated rings. The third kappa shape index (κ3) is 3.52. The van der Waals surface area contributed by atoms with E-state index in [2.05, 4.69) is 15.3 Å². The minimum absolute atomic E-state index is 0.166. The number of nitrogens with one attached hydrogen (secondary N) is 2. The molecule has 0 saturated heterocycles. The maximum absolute atomic E-state index is 13.7. The molecule has 0 saturated carbocycles. The molecule has 144 valence electrons. The average molecular weight is 387 g/mol. The summed E-state index contributed by atoms with van der Waals surface area (Å²) in [6.07, 6.45) is 3.26. The van der Waals surface area contributed by atoms with Gasteiger partial charge in [0.2, 0.25) is 5.91 Å². The lowest BCUT2D eigenvalue weighted by Crippen LogP contribution is -2.05. The number of aromatic nitrogens is 2. The monoisotopic (exact) mass is 387 g/mol. The van der Waals surface area contributed by atoms with Gasteiger partial charge in [0.05, 0.1) is 5.56 Å². The zero-order chi connectivity index (χ0) is 20.5. The molecule has 5 nitrogen and oxygen atoms in total. The van der Waals surface area contributed by atoms with Crippen molar-refractivity contribution >= 4 is 28.4 Å². The number of nitrogens with zero attached hydrogens (tertiary/aromatic N) is 1. The highest BCUT2D eigenvalue weighted by Crippen LogP contribution is 2.32. The summed E-state index contributed by atoms with van der Waals surface area (Å²) in [5.74, 6) is -0.901. The Hall–Kier alpha value is -3.80. The number of anilines is 1. The molecule has 2 heterocycles. The van der Waals surface area contributed by atoms with E-state index >= 15 is 0 Å². The Morgan fingerprint density at radius 3 is 2.69 bits per heavy atom. The van der Waals surface area contributed by atoms with Crippen LogP contribution in [0.1, 0.15) is 28.4 Å². The predicted molar refractivity (Wildman–Crippen MR) is 110 cm³/mol. The highest BCUT2D eigenvalue weighted by atomic mass is 19.1. The molecule has 4 aromatic rings. The van der Waals surface area contributed by atoms with Crippen molar-refractivity contribution < 1.29 is 14.0 Å². The second kappa shape index (κ2) is 7.31. The first kappa shape index (κ1) is 18.6. The summed E-state index contributed by atoms with van der Waals surface area (Å²) >= 11 is 0. The topological polar surface area (TPSA) is 74.8 Å². The molecule has 0 aliphatic rings. The summed E-state index contributed by atoms with van der Waals surface area (Å²) in [6, 6.07) is 13.4. The fourth-order valence-corrected chi connectivity index (χ4v) is 3.43. The number of pyridine rings is 1. The number of halogens is 1. The van der Waals surface area contributed by atoms with Gasteiger partial charge in [0, 0.05) is 36.0 Å². The van der Waals surface area contributed by atoms with Crippen molar-refractivity contribution in [3.63, 3.8) is 0 Å². The van der Waals surface area contributed by atoms with Gasteiger partial charge >= 0.3 is 0 Å². The Labute approximate surface area is 166 Å². The quantitative estimate of drug-likeness (QED) is 0.491. The van der Waals surface area contributed by atoms with Crippen LogP contribution in [0.25, 0.3) is 22.2 Å². The average Bonchev–Trinajstić information content (AvgIpc) is 3.13. The number of aromatic amines is 1. The number of hydrogen-bond acceptors (Lipinski definition) is 3. The molecular formula is C23H18FN3O2. The van der Waals surface area contributed by atoms with Crippen LogP contribution in [0.15, 0.2) is 60.9 Å². The minimum Gasteiger partial charge on any atom is -0.345 e. The fourth-order valence-electron chi connectivity index (χ4n) is 3.43. The van der Waals surface area contributed by atoms with Crippen molar-refractivity contribution in [2.24, 2.45) is 0 Å². The van der Waals surface area contributed by atoms with Crippen LogP contribution in [0.2, 0.25) is 0 Å². The number of fused-ring (bicyclic) bond motifs is 1. The van der Waals surface area contributed by atoms with Crippen LogP contribution in [0.5, 0.6) is 0 Å². The minimum atomic E-state index is -0.458. The fraction of sp³-hybridized carbons (Fsp3) is 0.0870. The lowest BCUT2D eigenvalue weighted by atomic mass is 9.95. The number of carbonyl (C=O) groups excluding carboxylic acids is 2. The Bertz CT molecular complexity index is 1260. The Morgan fingerprint density at radius 2 is 1.90 bits per heavy atom. The molecule has 0 radical (unpaired) electrons. The number of hydrogen-bond donors (Lipinski definition) is 2. The number of amides is 1. The number of rotatable bonds is 4. The van der Waals surface area contributed by atoms with E-state index < -0.39 is 5.82 Å². The summed E-state index contributed by atoms with van der Waals surface area (Å²) in [4.78, 5) is 32.0. The van der Waals surface area contributed by atoms with Crippen molar-refractivity contribution in [3.8, 4) is 11.1 Å². The molecule has 2 aromatic carbocycles. The lowest BCUT2D eigenvalue weighted by molar-refractivity contribution is -0.114. The van der Waals surface area contributed by atoms with E-state index in [1.165, 1.54) is 19.1 Å². The van der Waals surface area contributed by atoms with Crippen LogP contribution in [0, 0.1) is 12.7 Å². The van der Waals surface area contributed by atoms with E-state index in [0.29, 0.717) is 33.4 Å². The van der Waals surface area contributed by atoms with Crippen molar-refractivity contribution in [3.05, 3.63) is 83.4 Å². The molecular weight excluding hydrogens is 369 g/mol. The largest absolute Gasteiger partial charge is 0.345 e. The Balaban J connectivity index is 1.88. The first-order valence-electron chi connectivity index (χ1n) is 9.09. The number of aryl methyl sites for hydroxylation is 1. The maximum atomic E-state index is 13.7. The zero-order valence-electron chi connectivity index (χ0n) is 15.9. The molecule has 0 atom stereocenters. The molecule has 0 aliphatic carbocycles. The Kier molecular flexibility index (Phi) is 4.68. The first-order valence-corrected chi connectivity index (χ1v) is 9.09. The second-order valence-electron chi connectivity index (χ2n) is 6.83. The third-order valence-corrected chi connectivity index (χ3v) is 4.76. The van der Waals surface area contributed by atoms with Gasteiger partial charge in [-0.1, -0.05) is 18.2 Å². The van der Waals surface area contributed by atoms with E-state index in [1.54, 1.807) is 31.5 Å². The van der Waals surface area contributed by atoms with Gasteiger partial charge in [0.15, 0.2) is 5.78 Å². The summed E-state index contributed by atoms with van der Waals surface area (Å²) in [5, 5.41) is 3.42. The molecule has 0 unspecified atom stereocenters. The van der Waals surface area contributed by atoms with E-state index in [-0.39, 0.29) is 11.7 Å². The number of H-pyrrole nitrogens is 1. The van der Waals surface area contributed by atoms with Crippen LogP contribution >= 0.6 is 0 Å². The molecule has 0 spiro atoms. The molecule has 2 aromatic heterocycles. The smallest absolute Gasteiger partial charge is 0.221 e. The van der Waals surface area contributed by atoms with Crippen LogP contribution in [-0.4, -0.2) is 21.7 Å². The maximum Gasteiger partial charge on any atom is 0.221 e. The van der Waals surface area contributed by atoms with Crippen LogP contribution in [0.4, 0.5) is 10.1 Å². The van der Waals surface area contributed by atoms with Crippen molar-refractivity contribution in [1.82, 2.24) is 9.97 Å². The standard InChI is InChI=1S/C23H18FN3O2/c1-13-6-7-16(24)11-19(13)22(29)20-12-26-23-21(20)18(8-9-25-23)15-4-3-5-17(10-15)27-14(2)28/h3-12H,1-2H3,(H,25,26)(H,27,28). The predicted octanol–water partition coefficient (Wildman–Crippen LogP) is 4.87. The molecule has 1 amide bonds. The van der Waals surface area contributed by atoms with E-state index in [4.69, 9.17) is 0 Å². The Morgan fingerprint density at radius 1 is 1.07 bits per heavy atom. The van der Waals surface area contributed by atoms with E-state index in [1.807, 2.05) is 24.3 Å². The van der Waals surface area contributed by atoms with Crippen LogP contribution < -0.4 is 5.32 Å². The second-order valence-corrected chi connectivity index (χ2v) is 6.83. The molecule has 29 heavy (non-hydrogen) atoms. The van der Waals surface area contributed by atoms with Gasteiger partial charge in [-0.25, -0.2) is 9.37 Å². The van der Waals surface area contributed by atoms with Gasteiger partial charge in [0.1, 0.15) is 11.5 Å². The SMILES string of the molecule is CC(=O)Nc1cccc(-c2ccnc3[nH]cc(C(=O)c4cc(F)ccc4C)c23)c1.